The molecule has 0 saturated heterocycles. The van der Waals surface area contributed by atoms with Crippen LogP contribution in [0.5, 0.6) is 5.75 Å². The lowest BCUT2D eigenvalue weighted by atomic mass is 10.3. The van der Waals surface area contributed by atoms with Gasteiger partial charge < -0.3 is 14.6 Å². The number of carboxylic acids is 1. The Morgan fingerprint density at radius 2 is 2.12 bits per heavy atom. The van der Waals surface area contributed by atoms with Crippen LogP contribution in [-0.4, -0.2) is 11.0 Å². The average molecular weight is 248 g/mol. The molecule has 1 heterocycles. The van der Waals surface area contributed by atoms with Gasteiger partial charge in [0, 0.05) is 0 Å². The van der Waals surface area contributed by atoms with Gasteiger partial charge in [-0.15, -0.1) is 11.3 Å². The molecule has 0 fully saturated rings. The second-order valence-electron chi connectivity index (χ2n) is 3.41. The topological polar surface area (TPSA) is 62.2 Å². The van der Waals surface area contributed by atoms with E-state index in [1.807, 2.05) is 30.3 Å². The van der Waals surface area contributed by atoms with Gasteiger partial charge >= 0.3 is 0 Å². The quantitative estimate of drug-likeness (QED) is 0.820. The Morgan fingerprint density at radius 3 is 2.71 bits per heavy atom. The Kier molecular flexibility index (Phi) is 3.39. The van der Waals surface area contributed by atoms with Gasteiger partial charge in [0.15, 0.2) is 0 Å². The molecule has 0 aliphatic rings. The molecule has 1 aromatic carbocycles. The van der Waals surface area contributed by atoms with E-state index in [0.29, 0.717) is 10.7 Å². The molecule has 0 aliphatic heterocycles. The molecule has 0 radical (unpaired) electrons. The first kappa shape index (κ1) is 11.6. The minimum Gasteiger partial charge on any atom is -0.544 e. The third-order valence-corrected chi connectivity index (χ3v) is 3.24. The first-order valence-electron chi connectivity index (χ1n) is 5.02. The van der Waals surface area contributed by atoms with Crippen molar-refractivity contribution in [2.45, 2.75) is 13.5 Å². The molecular formula is C12H10NO3S-. The number of rotatable bonds is 4. The summed E-state index contributed by atoms with van der Waals surface area (Å²) < 4.78 is 5.47. The zero-order valence-corrected chi connectivity index (χ0v) is 9.99. The second kappa shape index (κ2) is 4.97. The number of aromatic nitrogens is 1. The van der Waals surface area contributed by atoms with Crippen molar-refractivity contribution in [2.24, 2.45) is 0 Å². The average Bonchev–Trinajstić information content (AvgIpc) is 2.69. The highest BCUT2D eigenvalue weighted by Crippen LogP contribution is 2.19. The Labute approximate surface area is 103 Å². The van der Waals surface area contributed by atoms with Crippen LogP contribution in [0.15, 0.2) is 30.3 Å². The number of benzene rings is 1. The highest BCUT2D eigenvalue weighted by atomic mass is 32.1. The summed E-state index contributed by atoms with van der Waals surface area (Å²) in [4.78, 5) is 15.0. The van der Waals surface area contributed by atoms with Gasteiger partial charge in [-0.05, 0) is 19.1 Å². The summed E-state index contributed by atoms with van der Waals surface area (Å²) in [5.74, 6) is -0.457. The van der Waals surface area contributed by atoms with Gasteiger partial charge in [-0.2, -0.15) is 0 Å². The lowest BCUT2D eigenvalue weighted by Crippen LogP contribution is -2.21. The van der Waals surface area contributed by atoms with Crippen LogP contribution in [0.1, 0.15) is 20.4 Å². The normalized spacial score (nSPS) is 10.2. The van der Waals surface area contributed by atoms with Crippen molar-refractivity contribution in [2.75, 3.05) is 0 Å². The molecule has 1 aromatic heterocycles. The van der Waals surface area contributed by atoms with E-state index in [0.717, 1.165) is 17.1 Å². The number of ether oxygens (including phenoxy) is 1. The maximum absolute atomic E-state index is 10.7. The molecule has 0 saturated carbocycles. The van der Waals surface area contributed by atoms with Gasteiger partial charge in [-0.1, -0.05) is 18.2 Å². The van der Waals surface area contributed by atoms with E-state index < -0.39 is 5.97 Å². The van der Waals surface area contributed by atoms with Crippen LogP contribution >= 0.6 is 11.3 Å². The highest BCUT2D eigenvalue weighted by molar-refractivity contribution is 7.13. The number of aromatic carboxylic acids is 1. The predicted octanol–water partition coefficient (Wildman–Crippen LogP) is 1.39. The van der Waals surface area contributed by atoms with Crippen molar-refractivity contribution in [1.82, 2.24) is 4.98 Å². The van der Waals surface area contributed by atoms with Crippen molar-refractivity contribution in [3.63, 3.8) is 0 Å². The number of hydrogen-bond donors (Lipinski definition) is 0. The largest absolute Gasteiger partial charge is 0.544 e. The van der Waals surface area contributed by atoms with E-state index in [2.05, 4.69) is 4.98 Å². The standard InChI is InChI=1S/C12H11NO3S/c1-8-11(12(14)15)17-10(13-8)7-16-9-5-3-2-4-6-9/h2-6H,7H2,1H3,(H,14,15)/p-1. The number of carbonyl (C=O) groups is 1. The summed E-state index contributed by atoms with van der Waals surface area (Å²) in [5.41, 5.74) is 0.474. The molecule has 17 heavy (non-hydrogen) atoms. The molecule has 0 unspecified atom stereocenters. The van der Waals surface area contributed by atoms with Gasteiger partial charge in [0.25, 0.3) is 0 Å². The van der Waals surface area contributed by atoms with Gasteiger partial charge in [0.2, 0.25) is 0 Å². The van der Waals surface area contributed by atoms with Crippen molar-refractivity contribution < 1.29 is 14.6 Å². The molecule has 4 nitrogen and oxygen atoms in total. The van der Waals surface area contributed by atoms with E-state index in [4.69, 9.17) is 4.74 Å². The third-order valence-electron chi connectivity index (χ3n) is 2.13. The summed E-state index contributed by atoms with van der Waals surface area (Å²) in [6.45, 7) is 1.91. The van der Waals surface area contributed by atoms with Crippen LogP contribution in [0, 0.1) is 6.92 Å². The van der Waals surface area contributed by atoms with Crippen LogP contribution in [0.3, 0.4) is 0 Å². The molecule has 0 N–H and O–H groups in total. The van der Waals surface area contributed by atoms with Crippen LogP contribution < -0.4 is 9.84 Å². The Balaban J connectivity index is 2.05. The number of aryl methyl sites for hydroxylation is 1. The fourth-order valence-electron chi connectivity index (χ4n) is 1.37. The van der Waals surface area contributed by atoms with Crippen molar-refractivity contribution in [3.8, 4) is 5.75 Å². The van der Waals surface area contributed by atoms with Crippen molar-refractivity contribution in [3.05, 3.63) is 45.9 Å². The molecule has 0 bridgehead atoms. The van der Waals surface area contributed by atoms with Gasteiger partial charge in [0.05, 0.1) is 16.5 Å². The lowest BCUT2D eigenvalue weighted by Gasteiger charge is -2.02. The fourth-order valence-corrected chi connectivity index (χ4v) is 2.18. The molecule has 88 valence electrons. The zero-order valence-electron chi connectivity index (χ0n) is 9.17. The fraction of sp³-hybridized carbons (Fsp3) is 0.167. The molecule has 0 spiro atoms. The second-order valence-corrected chi connectivity index (χ2v) is 4.49. The van der Waals surface area contributed by atoms with Crippen LogP contribution in [0.4, 0.5) is 0 Å². The maximum Gasteiger partial charge on any atom is 0.140 e. The first-order chi connectivity index (χ1) is 8.16. The summed E-state index contributed by atoms with van der Waals surface area (Å²) >= 11 is 1.09. The number of thiazole rings is 1. The van der Waals surface area contributed by atoms with Crippen molar-refractivity contribution in [1.29, 1.82) is 0 Å². The first-order valence-corrected chi connectivity index (χ1v) is 5.84. The summed E-state index contributed by atoms with van der Waals surface area (Å²) in [6, 6.07) is 9.30. The van der Waals surface area contributed by atoms with E-state index in [1.165, 1.54) is 0 Å². The summed E-state index contributed by atoms with van der Waals surface area (Å²) in [5, 5.41) is 11.4. The Morgan fingerprint density at radius 1 is 1.41 bits per heavy atom. The summed E-state index contributed by atoms with van der Waals surface area (Å²) in [6.07, 6.45) is 0. The number of para-hydroxylation sites is 1. The predicted molar refractivity (Wildman–Crippen MR) is 62.0 cm³/mol. The Hall–Kier alpha value is -1.88. The van der Waals surface area contributed by atoms with Crippen LogP contribution in [-0.2, 0) is 6.61 Å². The monoisotopic (exact) mass is 248 g/mol. The molecule has 0 amide bonds. The number of carboxylic acid groups (broad SMARTS) is 1. The van der Waals surface area contributed by atoms with E-state index in [-0.39, 0.29) is 11.5 Å². The molecule has 2 rings (SSSR count). The zero-order chi connectivity index (χ0) is 12.3. The maximum atomic E-state index is 10.7. The lowest BCUT2D eigenvalue weighted by molar-refractivity contribution is -0.254. The van der Waals surface area contributed by atoms with Gasteiger partial charge in [0.1, 0.15) is 17.4 Å². The Bertz CT molecular complexity index is 522. The molecule has 0 atom stereocenters. The smallest absolute Gasteiger partial charge is 0.140 e. The highest BCUT2D eigenvalue weighted by Gasteiger charge is 2.08. The van der Waals surface area contributed by atoms with Gasteiger partial charge in [-0.25, -0.2) is 4.98 Å². The number of nitrogens with zero attached hydrogens (tertiary/aromatic N) is 1. The molecule has 0 aliphatic carbocycles. The van der Waals surface area contributed by atoms with Gasteiger partial charge in [-0.3, -0.25) is 0 Å². The van der Waals surface area contributed by atoms with Crippen LogP contribution in [0.2, 0.25) is 0 Å². The molecule has 5 heteroatoms. The molecular weight excluding hydrogens is 238 g/mol. The third kappa shape index (κ3) is 2.82. The minimum absolute atomic E-state index is 0.164. The minimum atomic E-state index is -1.19. The van der Waals surface area contributed by atoms with Crippen molar-refractivity contribution >= 4 is 17.3 Å². The summed E-state index contributed by atoms with van der Waals surface area (Å²) in [7, 11) is 0. The van der Waals surface area contributed by atoms with E-state index >= 15 is 0 Å². The SMILES string of the molecule is Cc1nc(COc2ccccc2)sc1C(=O)[O-]. The van der Waals surface area contributed by atoms with Crippen LogP contribution in [0.25, 0.3) is 0 Å². The number of hydrogen-bond acceptors (Lipinski definition) is 5. The van der Waals surface area contributed by atoms with E-state index in [9.17, 15) is 9.90 Å². The molecule has 2 aromatic rings. The van der Waals surface area contributed by atoms with E-state index in [1.54, 1.807) is 6.92 Å². The number of carbonyl (C=O) groups excluding carboxylic acids is 1.